The zero-order chi connectivity index (χ0) is 14.1. The standard InChI is InChI=1S/C13H16N2O4/c1-3-18-12(16)15(13(17)19-4-2)14-10-11-8-6-5-7-9-11/h5-10H,3-4H2,1-2H3/b14-10-. The van der Waals surface area contributed by atoms with E-state index in [9.17, 15) is 9.59 Å². The van der Waals surface area contributed by atoms with Crippen LogP contribution in [0.4, 0.5) is 9.59 Å². The second-order valence-corrected chi connectivity index (χ2v) is 3.36. The van der Waals surface area contributed by atoms with E-state index in [4.69, 9.17) is 9.47 Å². The second-order valence-electron chi connectivity index (χ2n) is 3.36. The molecule has 1 aromatic carbocycles. The highest BCUT2D eigenvalue weighted by molar-refractivity contribution is 5.90. The van der Waals surface area contributed by atoms with Crippen LogP contribution in [0.3, 0.4) is 0 Å². The molecule has 0 unspecified atom stereocenters. The van der Waals surface area contributed by atoms with Crippen molar-refractivity contribution in [2.75, 3.05) is 13.2 Å². The van der Waals surface area contributed by atoms with Crippen LogP contribution < -0.4 is 0 Å². The van der Waals surface area contributed by atoms with E-state index in [0.717, 1.165) is 5.56 Å². The highest BCUT2D eigenvalue weighted by Crippen LogP contribution is 2.02. The SMILES string of the molecule is CCOC(=O)N(/N=C\c1ccccc1)C(=O)OCC. The molecule has 0 radical (unpaired) electrons. The van der Waals surface area contributed by atoms with Crippen LogP contribution in [0, 0.1) is 0 Å². The monoisotopic (exact) mass is 264 g/mol. The minimum absolute atomic E-state index is 0.148. The maximum Gasteiger partial charge on any atom is 0.440 e. The van der Waals surface area contributed by atoms with Crippen LogP contribution in [0.2, 0.25) is 0 Å². The van der Waals surface area contributed by atoms with Crippen LogP contribution in [0.1, 0.15) is 19.4 Å². The lowest BCUT2D eigenvalue weighted by Gasteiger charge is -2.13. The summed E-state index contributed by atoms with van der Waals surface area (Å²) >= 11 is 0. The van der Waals surface area contributed by atoms with Gasteiger partial charge in [0.1, 0.15) is 0 Å². The predicted octanol–water partition coefficient (Wildman–Crippen LogP) is 2.64. The van der Waals surface area contributed by atoms with Crippen molar-refractivity contribution >= 4 is 18.4 Å². The molecule has 6 heteroatoms. The van der Waals surface area contributed by atoms with E-state index >= 15 is 0 Å². The molecule has 0 saturated heterocycles. The first-order valence-electron chi connectivity index (χ1n) is 5.91. The number of hydrazone groups is 1. The number of ether oxygens (including phenoxy) is 2. The van der Waals surface area contributed by atoms with Gasteiger partial charge < -0.3 is 9.47 Å². The third kappa shape index (κ3) is 4.79. The molecule has 0 fully saturated rings. The van der Waals surface area contributed by atoms with Gasteiger partial charge >= 0.3 is 12.2 Å². The molecule has 0 spiro atoms. The number of imide groups is 1. The molecule has 19 heavy (non-hydrogen) atoms. The largest absolute Gasteiger partial charge is 0.448 e. The zero-order valence-electron chi connectivity index (χ0n) is 10.9. The number of carbonyl (C=O) groups is 2. The topological polar surface area (TPSA) is 68.2 Å². The lowest BCUT2D eigenvalue weighted by atomic mass is 10.2. The maximum atomic E-state index is 11.6. The van der Waals surface area contributed by atoms with Crippen LogP contribution in [-0.2, 0) is 9.47 Å². The minimum atomic E-state index is -0.867. The molecule has 1 rings (SSSR count). The van der Waals surface area contributed by atoms with Crippen molar-refractivity contribution in [3.63, 3.8) is 0 Å². The quantitative estimate of drug-likeness (QED) is 0.619. The summed E-state index contributed by atoms with van der Waals surface area (Å²) in [5.74, 6) is 0. The average Bonchev–Trinajstić information content (AvgIpc) is 2.41. The highest BCUT2D eigenvalue weighted by Gasteiger charge is 2.23. The third-order valence-electron chi connectivity index (χ3n) is 2.00. The molecule has 2 amide bonds. The molecular formula is C13H16N2O4. The van der Waals surface area contributed by atoms with Gasteiger partial charge in [-0.3, -0.25) is 0 Å². The lowest BCUT2D eigenvalue weighted by molar-refractivity contribution is 0.0826. The summed E-state index contributed by atoms with van der Waals surface area (Å²) in [6, 6.07) is 9.07. The van der Waals surface area contributed by atoms with Crippen LogP contribution in [0.25, 0.3) is 0 Å². The van der Waals surface area contributed by atoms with Crippen LogP contribution in [0.5, 0.6) is 0 Å². The van der Waals surface area contributed by atoms with E-state index in [-0.39, 0.29) is 13.2 Å². The van der Waals surface area contributed by atoms with E-state index in [1.807, 2.05) is 18.2 Å². The molecule has 102 valence electrons. The van der Waals surface area contributed by atoms with E-state index in [2.05, 4.69) is 5.10 Å². The Labute approximate surface area is 111 Å². The molecule has 1 aromatic rings. The molecular weight excluding hydrogens is 248 g/mol. The van der Waals surface area contributed by atoms with Crippen molar-refractivity contribution in [1.82, 2.24) is 5.01 Å². The predicted molar refractivity (Wildman–Crippen MR) is 69.9 cm³/mol. The molecule has 6 nitrogen and oxygen atoms in total. The van der Waals surface area contributed by atoms with Crippen molar-refractivity contribution in [2.45, 2.75) is 13.8 Å². The molecule has 0 aliphatic heterocycles. The summed E-state index contributed by atoms with van der Waals surface area (Å²) in [4.78, 5) is 23.1. The van der Waals surface area contributed by atoms with Gasteiger partial charge in [0.15, 0.2) is 0 Å². The van der Waals surface area contributed by atoms with Crippen molar-refractivity contribution in [1.29, 1.82) is 0 Å². The molecule has 0 aliphatic carbocycles. The first kappa shape index (κ1) is 14.7. The fraction of sp³-hybridized carbons (Fsp3) is 0.308. The summed E-state index contributed by atoms with van der Waals surface area (Å²) < 4.78 is 9.46. The molecule has 0 bridgehead atoms. The summed E-state index contributed by atoms with van der Waals surface area (Å²) in [6.07, 6.45) is -0.352. The van der Waals surface area contributed by atoms with Crippen molar-refractivity contribution in [3.8, 4) is 0 Å². The molecule has 0 heterocycles. The molecule has 0 N–H and O–H groups in total. The van der Waals surface area contributed by atoms with Gasteiger partial charge in [0.25, 0.3) is 0 Å². The smallest absolute Gasteiger partial charge is 0.440 e. The zero-order valence-corrected chi connectivity index (χ0v) is 10.9. The summed E-state index contributed by atoms with van der Waals surface area (Å²) in [6.45, 7) is 3.58. The number of carbonyl (C=O) groups excluding carboxylic acids is 2. The van der Waals surface area contributed by atoms with Gasteiger partial charge in [-0.1, -0.05) is 35.3 Å². The minimum Gasteiger partial charge on any atom is -0.448 e. The Kier molecular flexibility index (Phi) is 6.08. The average molecular weight is 264 g/mol. The summed E-state index contributed by atoms with van der Waals surface area (Å²) in [5.41, 5.74) is 0.751. The van der Waals surface area contributed by atoms with Crippen molar-refractivity contribution < 1.29 is 19.1 Å². The van der Waals surface area contributed by atoms with Gasteiger partial charge in [0.05, 0.1) is 19.4 Å². The lowest BCUT2D eigenvalue weighted by Crippen LogP contribution is -2.33. The molecule has 0 saturated carbocycles. The van der Waals surface area contributed by atoms with Gasteiger partial charge in [-0.05, 0) is 19.4 Å². The first-order valence-corrected chi connectivity index (χ1v) is 5.91. The Hall–Kier alpha value is -2.37. The number of benzene rings is 1. The second kappa shape index (κ2) is 7.86. The van der Waals surface area contributed by atoms with Gasteiger partial charge in [0.2, 0.25) is 0 Å². The highest BCUT2D eigenvalue weighted by atomic mass is 16.6. The van der Waals surface area contributed by atoms with Crippen LogP contribution in [0.15, 0.2) is 35.4 Å². The van der Waals surface area contributed by atoms with E-state index in [1.54, 1.807) is 26.0 Å². The maximum absolute atomic E-state index is 11.6. The number of amides is 2. The molecule has 0 aromatic heterocycles. The molecule has 0 aliphatic rings. The van der Waals surface area contributed by atoms with Crippen LogP contribution >= 0.6 is 0 Å². The van der Waals surface area contributed by atoms with E-state index in [1.165, 1.54) is 6.21 Å². The van der Waals surface area contributed by atoms with E-state index in [0.29, 0.717) is 5.01 Å². The Bertz CT molecular complexity index is 427. The number of nitrogens with zero attached hydrogens (tertiary/aromatic N) is 2. The fourth-order valence-corrected chi connectivity index (χ4v) is 1.20. The van der Waals surface area contributed by atoms with Crippen molar-refractivity contribution in [2.24, 2.45) is 5.10 Å². The van der Waals surface area contributed by atoms with Gasteiger partial charge in [-0.2, -0.15) is 5.10 Å². The number of hydrogen-bond donors (Lipinski definition) is 0. The summed E-state index contributed by atoms with van der Waals surface area (Å²) in [7, 11) is 0. The molecule has 0 atom stereocenters. The van der Waals surface area contributed by atoms with Gasteiger partial charge in [0, 0.05) is 0 Å². The Morgan fingerprint density at radius 1 is 1.11 bits per heavy atom. The number of hydrogen-bond acceptors (Lipinski definition) is 5. The first-order chi connectivity index (χ1) is 9.19. The van der Waals surface area contributed by atoms with Gasteiger partial charge in [-0.25, -0.2) is 9.59 Å². The third-order valence-corrected chi connectivity index (χ3v) is 2.00. The fourth-order valence-electron chi connectivity index (χ4n) is 1.20. The Morgan fingerprint density at radius 3 is 2.11 bits per heavy atom. The number of rotatable bonds is 4. The Morgan fingerprint density at radius 2 is 1.63 bits per heavy atom. The Balaban J connectivity index is 2.82. The van der Waals surface area contributed by atoms with E-state index < -0.39 is 12.2 Å². The van der Waals surface area contributed by atoms with Gasteiger partial charge in [-0.15, -0.1) is 0 Å². The van der Waals surface area contributed by atoms with Crippen LogP contribution in [-0.4, -0.2) is 36.6 Å². The normalized spacial score (nSPS) is 10.2. The summed E-state index contributed by atoms with van der Waals surface area (Å²) in [5, 5.41) is 4.35. The van der Waals surface area contributed by atoms with Crippen molar-refractivity contribution in [3.05, 3.63) is 35.9 Å².